The average molecular weight is 339 g/mol. The summed E-state index contributed by atoms with van der Waals surface area (Å²) in [7, 11) is 0. The fraction of sp³-hybridized carbons (Fsp3) is 0.467. The first-order valence-corrected chi connectivity index (χ1v) is 7.69. The highest BCUT2D eigenvalue weighted by atomic mass is 79.9. The van der Waals surface area contributed by atoms with Gasteiger partial charge in [-0.15, -0.1) is 0 Å². The standard InChI is InChI=1S/C15H19BrN2O2/c1-11-9-12(16)5-6-13(11)17-14(19)10-15(20)18-7-3-2-4-8-18/h5-6,9H,2-4,7-8,10H2,1H3,(H,17,19). The zero-order chi connectivity index (χ0) is 14.5. The molecule has 0 radical (unpaired) electrons. The van der Waals surface area contributed by atoms with E-state index >= 15 is 0 Å². The van der Waals surface area contributed by atoms with Crippen molar-refractivity contribution in [2.75, 3.05) is 18.4 Å². The second-order valence-corrected chi connectivity index (χ2v) is 6.04. The van der Waals surface area contributed by atoms with Crippen molar-refractivity contribution in [2.24, 2.45) is 0 Å². The van der Waals surface area contributed by atoms with Gasteiger partial charge in [0.15, 0.2) is 0 Å². The van der Waals surface area contributed by atoms with Gasteiger partial charge in [0.1, 0.15) is 6.42 Å². The van der Waals surface area contributed by atoms with Crippen molar-refractivity contribution >= 4 is 33.4 Å². The van der Waals surface area contributed by atoms with Gasteiger partial charge in [-0.25, -0.2) is 0 Å². The molecule has 20 heavy (non-hydrogen) atoms. The molecule has 0 saturated carbocycles. The molecule has 1 aromatic rings. The molecule has 2 rings (SSSR count). The molecule has 0 aliphatic carbocycles. The van der Waals surface area contributed by atoms with E-state index in [1.54, 1.807) is 4.90 Å². The summed E-state index contributed by atoms with van der Waals surface area (Å²) in [6, 6.07) is 5.64. The Bertz CT molecular complexity index is 511. The fourth-order valence-electron chi connectivity index (χ4n) is 2.35. The third kappa shape index (κ3) is 4.07. The van der Waals surface area contributed by atoms with Gasteiger partial charge in [0.05, 0.1) is 0 Å². The van der Waals surface area contributed by atoms with Crippen LogP contribution in [0, 0.1) is 6.92 Å². The Balaban J connectivity index is 1.90. The van der Waals surface area contributed by atoms with Crippen LogP contribution in [0.4, 0.5) is 5.69 Å². The maximum atomic E-state index is 12.0. The molecular weight excluding hydrogens is 320 g/mol. The fourth-order valence-corrected chi connectivity index (χ4v) is 2.83. The van der Waals surface area contributed by atoms with Crippen molar-refractivity contribution in [2.45, 2.75) is 32.6 Å². The Hall–Kier alpha value is -1.36. The summed E-state index contributed by atoms with van der Waals surface area (Å²) in [6.45, 7) is 3.49. The van der Waals surface area contributed by atoms with E-state index in [4.69, 9.17) is 0 Å². The third-order valence-corrected chi connectivity index (χ3v) is 3.98. The Labute approximate surface area is 127 Å². The molecular formula is C15H19BrN2O2. The number of hydrogen-bond donors (Lipinski definition) is 1. The number of rotatable bonds is 3. The normalized spacial score (nSPS) is 15.0. The maximum absolute atomic E-state index is 12.0. The lowest BCUT2D eigenvalue weighted by Gasteiger charge is -2.26. The smallest absolute Gasteiger partial charge is 0.233 e. The monoisotopic (exact) mass is 338 g/mol. The highest BCUT2D eigenvalue weighted by molar-refractivity contribution is 9.10. The van der Waals surface area contributed by atoms with E-state index in [0.717, 1.165) is 41.7 Å². The maximum Gasteiger partial charge on any atom is 0.233 e. The molecule has 1 aliphatic heterocycles. The van der Waals surface area contributed by atoms with Gasteiger partial charge in [-0.3, -0.25) is 9.59 Å². The van der Waals surface area contributed by atoms with Crippen molar-refractivity contribution < 1.29 is 9.59 Å². The Morgan fingerprint density at radius 1 is 1.25 bits per heavy atom. The minimum Gasteiger partial charge on any atom is -0.342 e. The van der Waals surface area contributed by atoms with Crippen molar-refractivity contribution in [1.82, 2.24) is 4.90 Å². The van der Waals surface area contributed by atoms with Gasteiger partial charge in [-0.2, -0.15) is 0 Å². The first-order valence-electron chi connectivity index (χ1n) is 6.90. The molecule has 5 heteroatoms. The van der Waals surface area contributed by atoms with E-state index in [9.17, 15) is 9.59 Å². The van der Waals surface area contributed by atoms with Crippen LogP contribution >= 0.6 is 15.9 Å². The van der Waals surface area contributed by atoms with Crippen molar-refractivity contribution in [3.8, 4) is 0 Å². The lowest BCUT2D eigenvalue weighted by Crippen LogP contribution is -2.37. The number of amides is 2. The van der Waals surface area contributed by atoms with Gasteiger partial charge >= 0.3 is 0 Å². The molecule has 108 valence electrons. The van der Waals surface area contributed by atoms with E-state index in [1.807, 2.05) is 25.1 Å². The van der Waals surface area contributed by atoms with Gasteiger partial charge in [0, 0.05) is 23.2 Å². The van der Waals surface area contributed by atoms with Gasteiger partial charge in [0.25, 0.3) is 0 Å². The minimum absolute atomic E-state index is 0.0723. The zero-order valence-corrected chi connectivity index (χ0v) is 13.2. The SMILES string of the molecule is Cc1cc(Br)ccc1NC(=O)CC(=O)N1CCCCC1. The van der Waals surface area contributed by atoms with E-state index < -0.39 is 0 Å². The van der Waals surface area contributed by atoms with E-state index in [0.29, 0.717) is 0 Å². The first-order chi connectivity index (χ1) is 9.56. The summed E-state index contributed by atoms with van der Waals surface area (Å²) in [5.74, 6) is -0.317. The molecule has 1 heterocycles. The predicted octanol–water partition coefficient (Wildman–Crippen LogP) is 3.10. The van der Waals surface area contributed by atoms with Gasteiger partial charge in [0.2, 0.25) is 11.8 Å². The third-order valence-electron chi connectivity index (χ3n) is 3.48. The Kier molecular flexibility index (Phi) is 5.17. The van der Waals surface area contributed by atoms with Crippen molar-refractivity contribution in [1.29, 1.82) is 0 Å². The van der Waals surface area contributed by atoms with Crippen LogP contribution in [0.25, 0.3) is 0 Å². The van der Waals surface area contributed by atoms with E-state index in [1.165, 1.54) is 6.42 Å². The number of carbonyl (C=O) groups is 2. The van der Waals surface area contributed by atoms with Crippen molar-refractivity contribution in [3.05, 3.63) is 28.2 Å². The highest BCUT2D eigenvalue weighted by Gasteiger charge is 2.19. The molecule has 2 amide bonds. The number of halogens is 1. The molecule has 1 aromatic carbocycles. The molecule has 1 saturated heterocycles. The average Bonchev–Trinajstić information content (AvgIpc) is 2.43. The molecule has 1 aliphatic rings. The second kappa shape index (κ2) is 6.88. The summed E-state index contributed by atoms with van der Waals surface area (Å²) < 4.78 is 0.970. The number of hydrogen-bond acceptors (Lipinski definition) is 2. The van der Waals surface area contributed by atoms with Crippen LogP contribution in [-0.2, 0) is 9.59 Å². The number of piperidine rings is 1. The summed E-state index contributed by atoms with van der Waals surface area (Å²) in [5, 5.41) is 2.80. The number of aryl methyl sites for hydroxylation is 1. The zero-order valence-electron chi connectivity index (χ0n) is 11.6. The van der Waals surface area contributed by atoms with Crippen molar-refractivity contribution in [3.63, 3.8) is 0 Å². The quantitative estimate of drug-likeness (QED) is 0.861. The predicted molar refractivity (Wildman–Crippen MR) is 82.6 cm³/mol. The number of benzene rings is 1. The van der Waals surface area contributed by atoms with Crippen LogP contribution in [0.2, 0.25) is 0 Å². The highest BCUT2D eigenvalue weighted by Crippen LogP contribution is 2.20. The largest absolute Gasteiger partial charge is 0.342 e. The van der Waals surface area contributed by atoms with Gasteiger partial charge in [-0.05, 0) is 49.9 Å². The van der Waals surface area contributed by atoms with Gasteiger partial charge < -0.3 is 10.2 Å². The molecule has 1 N–H and O–H groups in total. The second-order valence-electron chi connectivity index (χ2n) is 5.13. The van der Waals surface area contributed by atoms with Gasteiger partial charge in [-0.1, -0.05) is 15.9 Å². The van der Waals surface area contributed by atoms with E-state index in [-0.39, 0.29) is 18.2 Å². The lowest BCUT2D eigenvalue weighted by molar-refractivity contribution is -0.135. The molecule has 0 bridgehead atoms. The Morgan fingerprint density at radius 3 is 2.60 bits per heavy atom. The molecule has 0 aromatic heterocycles. The molecule has 4 nitrogen and oxygen atoms in total. The number of carbonyl (C=O) groups excluding carboxylic acids is 2. The van der Waals surface area contributed by atoms with Crippen LogP contribution < -0.4 is 5.32 Å². The van der Waals surface area contributed by atoms with Crippen LogP contribution in [0.1, 0.15) is 31.2 Å². The summed E-state index contributed by atoms with van der Waals surface area (Å²) in [6.07, 6.45) is 3.18. The molecule has 1 fully saturated rings. The number of nitrogens with zero attached hydrogens (tertiary/aromatic N) is 1. The number of anilines is 1. The lowest BCUT2D eigenvalue weighted by atomic mass is 10.1. The summed E-state index contributed by atoms with van der Waals surface area (Å²) >= 11 is 3.38. The summed E-state index contributed by atoms with van der Waals surface area (Å²) in [5.41, 5.74) is 1.72. The van der Waals surface area contributed by atoms with Crippen LogP contribution in [0.3, 0.4) is 0 Å². The minimum atomic E-state index is -0.244. The summed E-state index contributed by atoms with van der Waals surface area (Å²) in [4.78, 5) is 25.7. The molecule has 0 atom stereocenters. The van der Waals surface area contributed by atoms with E-state index in [2.05, 4.69) is 21.2 Å². The van der Waals surface area contributed by atoms with Crippen LogP contribution in [-0.4, -0.2) is 29.8 Å². The van der Waals surface area contributed by atoms with Crippen LogP contribution in [0.5, 0.6) is 0 Å². The number of nitrogens with one attached hydrogen (secondary N) is 1. The number of likely N-dealkylation sites (tertiary alicyclic amines) is 1. The Morgan fingerprint density at radius 2 is 1.95 bits per heavy atom. The topological polar surface area (TPSA) is 49.4 Å². The molecule has 0 spiro atoms. The first kappa shape index (κ1) is 15.0. The molecule has 0 unspecified atom stereocenters. The van der Waals surface area contributed by atoms with Crippen LogP contribution in [0.15, 0.2) is 22.7 Å².